The van der Waals surface area contributed by atoms with Crippen molar-refractivity contribution in [2.75, 3.05) is 0 Å². The number of pyridine rings is 1. The Bertz CT molecular complexity index is 1600. The van der Waals surface area contributed by atoms with Gasteiger partial charge in [-0.25, -0.2) is 8.42 Å². The molecule has 40 heavy (non-hydrogen) atoms. The molecule has 4 rings (SSSR count). The second-order valence-electron chi connectivity index (χ2n) is 10.9. The normalized spacial score (nSPS) is 13.2. The van der Waals surface area contributed by atoms with Crippen LogP contribution in [0.5, 0.6) is 0 Å². The Kier molecular flexibility index (Phi) is 9.38. The van der Waals surface area contributed by atoms with Crippen LogP contribution in [0.25, 0.3) is 34.0 Å². The lowest BCUT2D eigenvalue weighted by molar-refractivity contribution is -0.646. The Morgan fingerprint density at radius 1 is 0.850 bits per heavy atom. The van der Waals surface area contributed by atoms with Crippen LogP contribution in [-0.2, 0) is 17.2 Å². The van der Waals surface area contributed by atoms with Crippen LogP contribution in [-0.4, -0.2) is 30.9 Å². The van der Waals surface area contributed by atoms with Crippen molar-refractivity contribution in [3.63, 3.8) is 0 Å². The van der Waals surface area contributed by atoms with E-state index in [0.29, 0.717) is 16.6 Å². The molecule has 10 heteroatoms. The van der Waals surface area contributed by atoms with E-state index in [1.807, 2.05) is 0 Å². The number of para-hydroxylation sites is 2. The summed E-state index contributed by atoms with van der Waals surface area (Å²) >= 11 is 0. The van der Waals surface area contributed by atoms with Crippen molar-refractivity contribution in [3.8, 4) is 0 Å². The number of hydrogen-bond acceptors (Lipinski definition) is 3. The van der Waals surface area contributed by atoms with Crippen LogP contribution in [0.15, 0.2) is 66.9 Å². The van der Waals surface area contributed by atoms with Gasteiger partial charge in [0.1, 0.15) is 7.05 Å². The lowest BCUT2D eigenvalue weighted by Crippen LogP contribution is -2.51. The standard InChI is InChI=1S/C29H37N2Si.CHF3O3S/c1-21(2)32(22(3)4,23(5)6)31-20-25(27-13-9-11-15-29(27)31)17-19-26-18-16-24-12-8-10-14-28(24)30(26)7;2-1(3,4)8(5,6)7/h8-23H,1-7H3;(H,5,6,7)/q+1;/p-1/i7-1;. The third-order valence-corrected chi connectivity index (χ3v) is 15.1. The van der Waals surface area contributed by atoms with Gasteiger partial charge in [-0.3, -0.25) is 0 Å². The van der Waals surface area contributed by atoms with Crippen molar-refractivity contribution >= 4 is 52.3 Å². The van der Waals surface area contributed by atoms with Crippen molar-refractivity contribution < 1.29 is 30.7 Å². The van der Waals surface area contributed by atoms with Gasteiger partial charge in [0, 0.05) is 40.7 Å². The van der Waals surface area contributed by atoms with E-state index in [0.717, 1.165) is 0 Å². The van der Waals surface area contributed by atoms with E-state index in [-0.39, 0.29) is 0 Å². The van der Waals surface area contributed by atoms with Gasteiger partial charge in [0.15, 0.2) is 18.4 Å². The Labute approximate surface area is 235 Å². The molecule has 2 heterocycles. The molecule has 2 aromatic heterocycles. The van der Waals surface area contributed by atoms with Crippen LogP contribution < -0.4 is 4.57 Å². The van der Waals surface area contributed by atoms with Crippen LogP contribution in [0, 0.1) is 0 Å². The zero-order valence-corrected chi connectivity index (χ0v) is 25.7. The average Bonchev–Trinajstić information content (AvgIpc) is 3.21. The first kappa shape index (κ1) is 31.6. The topological polar surface area (TPSA) is 66.0 Å². The fraction of sp³-hybridized carbons (Fsp3) is 0.367. The summed E-state index contributed by atoms with van der Waals surface area (Å²) in [7, 11) is -5.76. The highest BCUT2D eigenvalue weighted by molar-refractivity contribution is 7.86. The number of alkyl halides is 3. The van der Waals surface area contributed by atoms with Crippen LogP contribution in [0.1, 0.15) is 52.8 Å². The number of nitrogens with zero attached hydrogens (tertiary/aromatic N) is 2. The number of aryl methyl sites for hydroxylation is 1. The van der Waals surface area contributed by atoms with Crippen LogP contribution in [0.3, 0.4) is 0 Å². The molecule has 0 unspecified atom stereocenters. The SMILES string of the molecule is CC(C)[Si](C(C)C)(C(C)C)n1cc(/C=C/c2ccc3ccccc3[n+]2[11CH3])c2ccccc21.O=S(=O)([O-])C(F)(F)F. The molecule has 0 fully saturated rings. The quantitative estimate of drug-likeness (QED) is 0.0995. The molecule has 0 bridgehead atoms. The third-order valence-electron chi connectivity index (χ3n) is 7.77. The number of hydrogen-bond donors (Lipinski definition) is 0. The van der Waals surface area contributed by atoms with Gasteiger partial charge < -0.3 is 8.79 Å². The number of halogens is 3. The van der Waals surface area contributed by atoms with E-state index in [2.05, 4.69) is 136 Å². The summed E-state index contributed by atoms with van der Waals surface area (Å²) in [4.78, 5) is 0. The van der Waals surface area contributed by atoms with E-state index in [1.165, 1.54) is 33.1 Å². The lowest BCUT2D eigenvalue weighted by atomic mass is 10.1. The maximum atomic E-state index is 10.7. The van der Waals surface area contributed by atoms with Gasteiger partial charge in [0.25, 0.3) is 0 Å². The highest BCUT2D eigenvalue weighted by Crippen LogP contribution is 2.45. The molecular formula is C30H37F3N2O3SSi. The molecule has 0 spiro atoms. The van der Waals surface area contributed by atoms with Crippen molar-refractivity contribution in [1.82, 2.24) is 4.23 Å². The minimum absolute atomic E-state index is 0.661. The highest BCUT2D eigenvalue weighted by atomic mass is 32.2. The first-order chi connectivity index (χ1) is 18.5. The van der Waals surface area contributed by atoms with Gasteiger partial charge in [-0.1, -0.05) is 71.9 Å². The van der Waals surface area contributed by atoms with Gasteiger partial charge in [-0.15, -0.1) is 0 Å². The van der Waals surface area contributed by atoms with Gasteiger partial charge in [0.05, 0.1) is 0 Å². The van der Waals surface area contributed by atoms with Crippen LogP contribution in [0.2, 0.25) is 16.6 Å². The molecule has 0 saturated heterocycles. The second-order valence-corrected chi connectivity index (χ2v) is 18.0. The number of fused-ring (bicyclic) bond motifs is 2. The maximum Gasteiger partial charge on any atom is 0.485 e. The van der Waals surface area contributed by atoms with Gasteiger partial charge >= 0.3 is 5.51 Å². The first-order valence-electron chi connectivity index (χ1n) is 13.2. The van der Waals surface area contributed by atoms with E-state index < -0.39 is 23.9 Å². The summed E-state index contributed by atoms with van der Waals surface area (Å²) in [5, 5.41) is 2.62. The van der Waals surface area contributed by atoms with Gasteiger partial charge in [-0.2, -0.15) is 17.7 Å². The van der Waals surface area contributed by atoms with Crippen LogP contribution >= 0.6 is 0 Å². The zero-order chi connectivity index (χ0) is 30.0. The molecule has 0 radical (unpaired) electrons. The predicted octanol–water partition coefficient (Wildman–Crippen LogP) is 7.86. The smallest absolute Gasteiger partial charge is 0.485 e. The molecule has 0 N–H and O–H groups in total. The summed E-state index contributed by atoms with van der Waals surface area (Å²) in [6.07, 6.45) is 7.03. The van der Waals surface area contributed by atoms with Gasteiger partial charge in [-0.05, 0) is 46.5 Å². The van der Waals surface area contributed by atoms with Crippen molar-refractivity contribution in [1.29, 1.82) is 0 Å². The molecule has 0 amide bonds. The van der Waals surface area contributed by atoms with Gasteiger partial charge in [0.2, 0.25) is 11.2 Å². The molecule has 0 aliphatic carbocycles. The molecule has 0 atom stereocenters. The lowest BCUT2D eigenvalue weighted by Gasteiger charge is -2.44. The minimum atomic E-state index is -6.09. The van der Waals surface area contributed by atoms with Crippen LogP contribution in [0.4, 0.5) is 13.2 Å². The van der Waals surface area contributed by atoms with Crippen molar-refractivity contribution in [2.24, 2.45) is 7.05 Å². The average molecular weight is 590 g/mol. The highest BCUT2D eigenvalue weighted by Gasteiger charge is 2.45. The predicted molar refractivity (Wildman–Crippen MR) is 158 cm³/mol. The Morgan fingerprint density at radius 3 is 1.93 bits per heavy atom. The number of rotatable bonds is 6. The molecule has 5 nitrogen and oxygen atoms in total. The number of benzene rings is 2. The number of aromatic nitrogens is 2. The minimum Gasteiger partial charge on any atom is -0.741 e. The molecule has 2 aromatic carbocycles. The zero-order valence-electron chi connectivity index (χ0n) is 23.9. The van der Waals surface area contributed by atoms with E-state index >= 15 is 0 Å². The summed E-state index contributed by atoms with van der Waals surface area (Å²) in [6, 6.07) is 22.0. The summed E-state index contributed by atoms with van der Waals surface area (Å²) in [5.74, 6) is 0. The van der Waals surface area contributed by atoms with E-state index in [4.69, 9.17) is 13.0 Å². The second kappa shape index (κ2) is 11.9. The monoisotopic (exact) mass is 589 g/mol. The van der Waals surface area contributed by atoms with E-state index in [9.17, 15) is 13.2 Å². The van der Waals surface area contributed by atoms with E-state index in [1.54, 1.807) is 0 Å². The molecule has 0 aliphatic rings. The maximum absolute atomic E-state index is 10.7. The van der Waals surface area contributed by atoms with Crippen molar-refractivity contribution in [3.05, 3.63) is 78.1 Å². The fourth-order valence-electron chi connectivity index (χ4n) is 6.20. The molecule has 0 saturated carbocycles. The first-order valence-corrected chi connectivity index (χ1v) is 16.8. The molecule has 0 aliphatic heterocycles. The summed E-state index contributed by atoms with van der Waals surface area (Å²) < 4.78 is 63.9. The van der Waals surface area contributed by atoms with Crippen molar-refractivity contribution in [2.45, 2.75) is 63.7 Å². The third kappa shape index (κ3) is 6.04. The Morgan fingerprint density at radius 2 is 1.38 bits per heavy atom. The molecule has 4 aromatic rings. The Balaban J connectivity index is 0.000000482. The fourth-order valence-corrected chi connectivity index (χ4v) is 12.8. The summed E-state index contributed by atoms with van der Waals surface area (Å²) in [6.45, 7) is 14.6. The summed E-state index contributed by atoms with van der Waals surface area (Å²) in [5.41, 5.74) is 1.50. The molecular weight excluding hydrogens is 552 g/mol. The Hall–Kier alpha value is -2.95. The molecule has 216 valence electrons. The largest absolute Gasteiger partial charge is 0.741 e.